The summed E-state index contributed by atoms with van der Waals surface area (Å²) in [6.07, 6.45) is 1.15. The van der Waals surface area contributed by atoms with Crippen LogP contribution in [0, 0.1) is 6.92 Å². The van der Waals surface area contributed by atoms with Crippen molar-refractivity contribution in [1.29, 1.82) is 0 Å². The number of sulfone groups is 1. The lowest BCUT2D eigenvalue weighted by Crippen LogP contribution is -2.12. The van der Waals surface area contributed by atoms with E-state index in [0.29, 0.717) is 11.4 Å². The van der Waals surface area contributed by atoms with Gasteiger partial charge >= 0.3 is 5.97 Å². The molecular formula is C20H20N2O4S. The van der Waals surface area contributed by atoms with Crippen LogP contribution < -0.4 is 0 Å². The number of aromatic nitrogens is 2. The molecule has 0 spiro atoms. The first kappa shape index (κ1) is 18.8. The molecule has 0 unspecified atom stereocenters. The van der Waals surface area contributed by atoms with Crippen molar-refractivity contribution in [2.24, 2.45) is 0 Å². The zero-order chi connectivity index (χ0) is 19.6. The third-order valence-electron chi connectivity index (χ3n) is 4.05. The highest BCUT2D eigenvalue weighted by Gasteiger charge is 2.19. The van der Waals surface area contributed by atoms with E-state index in [1.54, 1.807) is 25.1 Å². The van der Waals surface area contributed by atoms with E-state index in [2.05, 4.69) is 5.10 Å². The fourth-order valence-corrected chi connectivity index (χ4v) is 3.26. The van der Waals surface area contributed by atoms with E-state index in [4.69, 9.17) is 4.74 Å². The van der Waals surface area contributed by atoms with E-state index >= 15 is 0 Å². The van der Waals surface area contributed by atoms with Crippen molar-refractivity contribution in [3.63, 3.8) is 0 Å². The van der Waals surface area contributed by atoms with E-state index < -0.39 is 15.8 Å². The normalized spacial score (nSPS) is 11.4. The van der Waals surface area contributed by atoms with Gasteiger partial charge < -0.3 is 4.74 Å². The summed E-state index contributed by atoms with van der Waals surface area (Å²) in [6.45, 7) is 3.98. The number of carbonyl (C=O) groups is 1. The van der Waals surface area contributed by atoms with Crippen molar-refractivity contribution in [3.8, 4) is 16.9 Å². The highest BCUT2D eigenvalue weighted by Crippen LogP contribution is 2.23. The number of rotatable bonds is 5. The number of ether oxygens (including phenoxy) is 1. The highest BCUT2D eigenvalue weighted by molar-refractivity contribution is 7.90. The molecule has 2 aromatic carbocycles. The number of hydrogen-bond donors (Lipinski definition) is 0. The Hall–Kier alpha value is -2.93. The molecule has 1 heterocycles. The van der Waals surface area contributed by atoms with Crippen LogP contribution in [0.2, 0.25) is 0 Å². The first-order chi connectivity index (χ1) is 12.8. The summed E-state index contributed by atoms with van der Waals surface area (Å²) in [7, 11) is -3.30. The lowest BCUT2D eigenvalue weighted by molar-refractivity contribution is 0.0515. The molecule has 6 nitrogen and oxygen atoms in total. The van der Waals surface area contributed by atoms with Crippen molar-refractivity contribution in [3.05, 3.63) is 65.9 Å². The van der Waals surface area contributed by atoms with Gasteiger partial charge in [-0.25, -0.2) is 17.9 Å². The van der Waals surface area contributed by atoms with Crippen LogP contribution in [0.25, 0.3) is 16.9 Å². The van der Waals surface area contributed by atoms with Crippen LogP contribution in [0.15, 0.2) is 59.5 Å². The van der Waals surface area contributed by atoms with E-state index in [-0.39, 0.29) is 17.2 Å². The number of nitrogens with zero attached hydrogens (tertiary/aromatic N) is 2. The van der Waals surface area contributed by atoms with Crippen LogP contribution in [0.4, 0.5) is 0 Å². The zero-order valence-corrected chi connectivity index (χ0v) is 16.2. The molecule has 3 aromatic rings. The minimum absolute atomic E-state index is 0.204. The molecule has 7 heteroatoms. The zero-order valence-electron chi connectivity index (χ0n) is 15.3. The van der Waals surface area contributed by atoms with Crippen molar-refractivity contribution >= 4 is 15.8 Å². The summed E-state index contributed by atoms with van der Waals surface area (Å²) in [5, 5.41) is 4.54. The van der Waals surface area contributed by atoms with Gasteiger partial charge in [0.2, 0.25) is 0 Å². The number of benzene rings is 2. The summed E-state index contributed by atoms with van der Waals surface area (Å²) in [5.74, 6) is -0.490. The molecule has 1 aromatic heterocycles. The fraction of sp³-hybridized carbons (Fsp3) is 0.200. The largest absolute Gasteiger partial charge is 0.461 e. The Balaban J connectivity index is 2.09. The second-order valence-electron chi connectivity index (χ2n) is 6.18. The topological polar surface area (TPSA) is 78.3 Å². The summed E-state index contributed by atoms with van der Waals surface area (Å²) >= 11 is 0. The molecular weight excluding hydrogens is 364 g/mol. The van der Waals surface area contributed by atoms with Gasteiger partial charge in [-0.2, -0.15) is 5.10 Å². The van der Waals surface area contributed by atoms with Crippen LogP contribution in [0.5, 0.6) is 0 Å². The number of aryl methyl sites for hydroxylation is 1. The van der Waals surface area contributed by atoms with Crippen molar-refractivity contribution in [1.82, 2.24) is 9.78 Å². The van der Waals surface area contributed by atoms with Gasteiger partial charge in [-0.1, -0.05) is 29.8 Å². The predicted molar refractivity (Wildman–Crippen MR) is 103 cm³/mol. The fourth-order valence-electron chi connectivity index (χ4n) is 2.63. The molecule has 0 bridgehead atoms. The van der Waals surface area contributed by atoms with Crippen molar-refractivity contribution in [2.75, 3.05) is 12.9 Å². The first-order valence-electron chi connectivity index (χ1n) is 8.44. The van der Waals surface area contributed by atoms with Crippen LogP contribution >= 0.6 is 0 Å². The van der Waals surface area contributed by atoms with Crippen molar-refractivity contribution < 1.29 is 17.9 Å². The van der Waals surface area contributed by atoms with Gasteiger partial charge in [-0.3, -0.25) is 0 Å². The van der Waals surface area contributed by atoms with Crippen LogP contribution in [-0.2, 0) is 14.6 Å². The Morgan fingerprint density at radius 1 is 1.07 bits per heavy atom. The predicted octanol–water partition coefficient (Wildman–Crippen LogP) is 3.43. The van der Waals surface area contributed by atoms with Crippen LogP contribution in [0.1, 0.15) is 23.0 Å². The van der Waals surface area contributed by atoms with Gasteiger partial charge in [0.1, 0.15) is 0 Å². The van der Waals surface area contributed by atoms with E-state index in [9.17, 15) is 13.2 Å². The standard InChI is InChI=1S/C20H20N2O4S/c1-4-26-20(23)19-13-18(15-7-5-14(2)6-8-15)21-22(19)16-9-11-17(12-10-16)27(3,24)25/h5-13H,4H2,1-3H3. The molecule has 27 heavy (non-hydrogen) atoms. The summed E-state index contributed by atoms with van der Waals surface area (Å²) in [4.78, 5) is 12.6. The number of esters is 1. The Kier molecular flexibility index (Phi) is 5.14. The van der Waals surface area contributed by atoms with Gasteiger partial charge in [0.15, 0.2) is 15.5 Å². The minimum Gasteiger partial charge on any atom is -0.461 e. The summed E-state index contributed by atoms with van der Waals surface area (Å²) in [6, 6.07) is 15.7. The Morgan fingerprint density at radius 3 is 2.26 bits per heavy atom. The molecule has 0 amide bonds. The van der Waals surface area contributed by atoms with Gasteiger partial charge in [0.05, 0.1) is 22.9 Å². The van der Waals surface area contributed by atoms with E-state index in [1.165, 1.54) is 16.8 Å². The number of carbonyl (C=O) groups excluding carboxylic acids is 1. The quantitative estimate of drug-likeness (QED) is 0.630. The molecule has 0 N–H and O–H groups in total. The second-order valence-corrected chi connectivity index (χ2v) is 8.19. The van der Waals surface area contributed by atoms with Gasteiger partial charge in [0, 0.05) is 11.8 Å². The monoisotopic (exact) mass is 384 g/mol. The lowest BCUT2D eigenvalue weighted by atomic mass is 10.1. The Bertz CT molecular complexity index is 1070. The van der Waals surface area contributed by atoms with Gasteiger partial charge in [0.25, 0.3) is 0 Å². The van der Waals surface area contributed by atoms with E-state index in [1.807, 2.05) is 31.2 Å². The van der Waals surface area contributed by atoms with Gasteiger partial charge in [-0.15, -0.1) is 0 Å². The van der Waals surface area contributed by atoms with Crippen LogP contribution in [0.3, 0.4) is 0 Å². The maximum Gasteiger partial charge on any atom is 0.357 e. The molecule has 0 aliphatic carbocycles. The molecule has 0 saturated carbocycles. The SMILES string of the molecule is CCOC(=O)c1cc(-c2ccc(C)cc2)nn1-c1ccc(S(C)(=O)=O)cc1. The lowest BCUT2D eigenvalue weighted by Gasteiger charge is -2.07. The molecule has 140 valence electrons. The molecule has 0 saturated heterocycles. The third kappa shape index (κ3) is 4.09. The smallest absolute Gasteiger partial charge is 0.357 e. The molecule has 0 radical (unpaired) electrons. The Morgan fingerprint density at radius 2 is 1.70 bits per heavy atom. The third-order valence-corrected chi connectivity index (χ3v) is 5.18. The van der Waals surface area contributed by atoms with Gasteiger partial charge in [-0.05, 0) is 44.2 Å². The molecule has 0 aliphatic rings. The number of hydrogen-bond acceptors (Lipinski definition) is 5. The minimum atomic E-state index is -3.30. The summed E-state index contributed by atoms with van der Waals surface area (Å²) in [5.41, 5.74) is 3.48. The molecule has 0 aliphatic heterocycles. The highest BCUT2D eigenvalue weighted by atomic mass is 32.2. The molecule has 0 atom stereocenters. The van der Waals surface area contributed by atoms with Crippen LogP contribution in [-0.4, -0.2) is 37.0 Å². The molecule has 0 fully saturated rings. The molecule has 3 rings (SSSR count). The average Bonchev–Trinajstić information content (AvgIpc) is 3.07. The van der Waals surface area contributed by atoms with Crippen molar-refractivity contribution in [2.45, 2.75) is 18.7 Å². The summed E-state index contributed by atoms with van der Waals surface area (Å²) < 4.78 is 29.9. The average molecular weight is 384 g/mol. The maximum atomic E-state index is 12.4. The second kappa shape index (κ2) is 7.36. The maximum absolute atomic E-state index is 12.4. The van der Waals surface area contributed by atoms with E-state index in [0.717, 1.165) is 17.4 Å². The first-order valence-corrected chi connectivity index (χ1v) is 10.3. The Labute approximate surface area is 158 Å².